The molecule has 1 aliphatic carbocycles. The number of nitrogen functional groups attached to an aromatic ring is 2. The molecule has 5 rings (SSSR count). The van der Waals surface area contributed by atoms with Gasteiger partial charge in [0.25, 0.3) is 5.56 Å². The Morgan fingerprint density at radius 1 is 1.29 bits per heavy atom. The lowest BCUT2D eigenvalue weighted by atomic mass is 9.74. The molecular formula is C23H26ClN9OS. The Kier molecular flexibility index (Phi) is 5.65. The molecule has 2 aliphatic rings. The minimum atomic E-state index is -0.430. The minimum Gasteiger partial charge on any atom is -0.383 e. The summed E-state index contributed by atoms with van der Waals surface area (Å²) < 4.78 is 1.43. The Morgan fingerprint density at radius 3 is 2.69 bits per heavy atom. The first-order valence-corrected chi connectivity index (χ1v) is 12.4. The first kappa shape index (κ1) is 23.5. The average Bonchev–Trinajstić information content (AvgIpc) is 3.39. The first-order chi connectivity index (χ1) is 16.6. The molecule has 0 aromatic carbocycles. The SMILES string of the molecule is C=C(C(=N)c1c(N)nc(N2CCC3(CC2)Cc2scnc2[C@H]3N)n(C)c1=O)c1ccnc(N)c1Cl. The van der Waals surface area contributed by atoms with Gasteiger partial charge in [0.15, 0.2) is 0 Å². The molecule has 0 bridgehead atoms. The van der Waals surface area contributed by atoms with Crippen molar-refractivity contribution in [2.45, 2.75) is 25.3 Å². The van der Waals surface area contributed by atoms with E-state index in [0.29, 0.717) is 24.6 Å². The number of rotatable bonds is 4. The third-order valence-corrected chi connectivity index (χ3v) is 8.52. The van der Waals surface area contributed by atoms with Crippen LogP contribution in [0.1, 0.15) is 40.6 Å². The lowest BCUT2D eigenvalue weighted by Crippen LogP contribution is -2.46. The van der Waals surface area contributed by atoms with Gasteiger partial charge in [-0.25, -0.2) is 9.97 Å². The van der Waals surface area contributed by atoms with Crippen molar-refractivity contribution in [2.24, 2.45) is 18.2 Å². The molecule has 0 unspecified atom stereocenters. The van der Waals surface area contributed by atoms with Crippen LogP contribution >= 0.6 is 22.9 Å². The number of aromatic nitrogens is 4. The summed E-state index contributed by atoms with van der Waals surface area (Å²) in [6.07, 6.45) is 4.13. The molecule has 10 nitrogen and oxygen atoms in total. The van der Waals surface area contributed by atoms with E-state index in [4.69, 9.17) is 34.2 Å². The first-order valence-electron chi connectivity index (χ1n) is 11.1. The Labute approximate surface area is 211 Å². The van der Waals surface area contributed by atoms with Crippen LogP contribution in [0.5, 0.6) is 0 Å². The number of nitrogens with zero attached hydrogens (tertiary/aromatic N) is 5. The van der Waals surface area contributed by atoms with Crippen LogP contribution in [0.25, 0.3) is 5.57 Å². The quantitative estimate of drug-likeness (QED) is 0.387. The maximum absolute atomic E-state index is 13.3. The number of nitrogens with one attached hydrogen (secondary N) is 1. The smallest absolute Gasteiger partial charge is 0.266 e. The van der Waals surface area contributed by atoms with Crippen molar-refractivity contribution in [1.82, 2.24) is 19.5 Å². The largest absolute Gasteiger partial charge is 0.383 e. The van der Waals surface area contributed by atoms with Gasteiger partial charge < -0.3 is 22.1 Å². The number of fused-ring (bicyclic) bond motifs is 1. The van der Waals surface area contributed by atoms with Gasteiger partial charge in [0.2, 0.25) is 5.95 Å². The van der Waals surface area contributed by atoms with E-state index in [1.54, 1.807) is 24.5 Å². The monoisotopic (exact) mass is 511 g/mol. The summed E-state index contributed by atoms with van der Waals surface area (Å²) in [6, 6.07) is 1.51. The van der Waals surface area contributed by atoms with Crippen molar-refractivity contribution in [1.29, 1.82) is 5.41 Å². The van der Waals surface area contributed by atoms with Gasteiger partial charge in [-0.1, -0.05) is 18.2 Å². The summed E-state index contributed by atoms with van der Waals surface area (Å²) in [4.78, 5) is 29.6. The van der Waals surface area contributed by atoms with Gasteiger partial charge in [-0.3, -0.25) is 14.8 Å². The van der Waals surface area contributed by atoms with Gasteiger partial charge in [0.05, 0.1) is 28.0 Å². The van der Waals surface area contributed by atoms with Crippen molar-refractivity contribution >= 4 is 51.8 Å². The second-order valence-electron chi connectivity index (χ2n) is 9.11. The number of halogens is 1. The van der Waals surface area contributed by atoms with Crippen LogP contribution in [0.4, 0.5) is 17.6 Å². The number of anilines is 3. The predicted octanol–water partition coefficient (Wildman–Crippen LogP) is 2.37. The molecule has 1 saturated heterocycles. The molecule has 1 fully saturated rings. The normalized spacial score (nSPS) is 18.6. The lowest BCUT2D eigenvalue weighted by Gasteiger charge is -2.42. The third kappa shape index (κ3) is 3.62. The van der Waals surface area contributed by atoms with Gasteiger partial charge in [-0.2, -0.15) is 4.98 Å². The average molecular weight is 512 g/mol. The molecule has 0 amide bonds. The van der Waals surface area contributed by atoms with E-state index in [9.17, 15) is 4.79 Å². The summed E-state index contributed by atoms with van der Waals surface area (Å²) in [5.41, 5.74) is 21.5. The summed E-state index contributed by atoms with van der Waals surface area (Å²) in [7, 11) is 1.63. The Morgan fingerprint density at radius 2 is 2.00 bits per heavy atom. The number of allylic oxidation sites excluding steroid dienone is 1. The molecule has 1 atom stereocenters. The molecule has 12 heteroatoms. The van der Waals surface area contributed by atoms with Crippen molar-refractivity contribution in [3.63, 3.8) is 0 Å². The second kappa shape index (κ2) is 8.43. The van der Waals surface area contributed by atoms with E-state index in [1.807, 2.05) is 5.51 Å². The summed E-state index contributed by atoms with van der Waals surface area (Å²) in [5, 5.41) is 8.79. The molecular weight excluding hydrogens is 486 g/mol. The number of thiazole rings is 1. The van der Waals surface area contributed by atoms with Crippen LogP contribution in [0, 0.1) is 10.8 Å². The summed E-state index contributed by atoms with van der Waals surface area (Å²) >= 11 is 7.92. The molecule has 1 spiro atoms. The zero-order chi connectivity index (χ0) is 25.1. The fourth-order valence-electron chi connectivity index (χ4n) is 5.13. The zero-order valence-electron chi connectivity index (χ0n) is 19.2. The van der Waals surface area contributed by atoms with E-state index in [-0.39, 0.29) is 45.0 Å². The van der Waals surface area contributed by atoms with Gasteiger partial charge in [0, 0.05) is 42.3 Å². The van der Waals surface area contributed by atoms with Crippen molar-refractivity contribution in [3.8, 4) is 0 Å². The summed E-state index contributed by atoms with van der Waals surface area (Å²) in [6.45, 7) is 5.32. The molecule has 182 valence electrons. The molecule has 7 N–H and O–H groups in total. The maximum Gasteiger partial charge on any atom is 0.266 e. The van der Waals surface area contributed by atoms with Crippen LogP contribution in [0.2, 0.25) is 5.02 Å². The fraction of sp³-hybridized carbons (Fsp3) is 0.348. The van der Waals surface area contributed by atoms with Crippen LogP contribution in [-0.2, 0) is 13.5 Å². The standard InChI is InChI=1S/C23H26ClN9OS/c1-11(12-3-6-29-20(28)15(12)24)16(25)14-19(27)31-22(32(2)21(14)34)33-7-4-23(5-8-33)9-13-17(18(23)26)30-10-35-13/h3,6,10,18,25H,1,4-5,7-9,26-27H2,2H3,(H2,28,29)/t18-/m1/s1. The number of piperidine rings is 1. The Balaban J connectivity index is 1.40. The Hall–Kier alpha value is -3.28. The fourth-order valence-corrected chi connectivity index (χ4v) is 6.32. The van der Waals surface area contributed by atoms with Crippen LogP contribution in [-0.4, -0.2) is 38.3 Å². The van der Waals surface area contributed by atoms with Crippen molar-refractivity contribution in [2.75, 3.05) is 29.5 Å². The number of hydrogen-bond acceptors (Lipinski definition) is 10. The van der Waals surface area contributed by atoms with Gasteiger partial charge in [0.1, 0.15) is 17.2 Å². The van der Waals surface area contributed by atoms with E-state index < -0.39 is 5.56 Å². The van der Waals surface area contributed by atoms with E-state index >= 15 is 0 Å². The second-order valence-corrected chi connectivity index (χ2v) is 10.4. The number of pyridine rings is 1. The van der Waals surface area contributed by atoms with Gasteiger partial charge >= 0.3 is 0 Å². The van der Waals surface area contributed by atoms with E-state index in [1.165, 1.54) is 15.6 Å². The molecule has 4 heterocycles. The predicted molar refractivity (Wildman–Crippen MR) is 140 cm³/mol. The van der Waals surface area contributed by atoms with E-state index in [0.717, 1.165) is 25.0 Å². The van der Waals surface area contributed by atoms with Crippen LogP contribution in [0.3, 0.4) is 0 Å². The highest BCUT2D eigenvalue weighted by molar-refractivity contribution is 7.09. The maximum atomic E-state index is 13.3. The molecule has 0 saturated carbocycles. The third-order valence-electron chi connectivity index (χ3n) is 7.27. The zero-order valence-corrected chi connectivity index (χ0v) is 20.8. The molecule has 35 heavy (non-hydrogen) atoms. The highest BCUT2D eigenvalue weighted by Gasteiger charge is 2.48. The highest BCUT2D eigenvalue weighted by Crippen LogP contribution is 2.51. The van der Waals surface area contributed by atoms with Gasteiger partial charge in [-0.05, 0) is 30.7 Å². The van der Waals surface area contributed by atoms with E-state index in [2.05, 4.69) is 26.4 Å². The number of nitrogens with two attached hydrogens (primary N) is 3. The molecule has 0 radical (unpaired) electrons. The highest BCUT2D eigenvalue weighted by atomic mass is 35.5. The van der Waals surface area contributed by atoms with Crippen molar-refractivity contribution < 1.29 is 0 Å². The topological polar surface area (TPSA) is 166 Å². The lowest BCUT2D eigenvalue weighted by molar-refractivity contribution is 0.185. The summed E-state index contributed by atoms with van der Waals surface area (Å²) in [5.74, 6) is 0.551. The van der Waals surface area contributed by atoms with Gasteiger partial charge in [-0.15, -0.1) is 11.3 Å². The number of hydrogen-bond donors (Lipinski definition) is 4. The molecule has 1 aliphatic heterocycles. The van der Waals surface area contributed by atoms with Crippen molar-refractivity contribution in [3.05, 3.63) is 61.4 Å². The minimum absolute atomic E-state index is 0.0121. The van der Waals surface area contributed by atoms with Crippen LogP contribution < -0.4 is 27.7 Å². The molecule has 3 aromatic rings. The molecule has 3 aromatic heterocycles. The van der Waals surface area contributed by atoms with Crippen LogP contribution in [0.15, 0.2) is 29.1 Å². The Bertz CT molecular complexity index is 1420.